The van der Waals surface area contributed by atoms with Crippen LogP contribution in [0, 0.1) is 0 Å². The summed E-state index contributed by atoms with van der Waals surface area (Å²) >= 11 is 6.12. The smallest absolute Gasteiger partial charge is 0.131 e. The van der Waals surface area contributed by atoms with E-state index in [0.717, 1.165) is 0 Å². The van der Waals surface area contributed by atoms with Gasteiger partial charge in [0.1, 0.15) is 5.15 Å². The van der Waals surface area contributed by atoms with Gasteiger partial charge in [0.2, 0.25) is 0 Å². The fourth-order valence-electron chi connectivity index (χ4n) is 3.57. The standard InChI is InChI=1S/C16H25ClN2S/c1-11(2)20(12(3)4,13(5)6)19-8-7-14-10-18-16(17)9-15(14)19/h7-13H,1-6H3. The molecule has 0 aromatic carbocycles. The quantitative estimate of drug-likeness (QED) is 0.683. The lowest BCUT2D eigenvalue weighted by molar-refractivity contribution is 0.914. The molecule has 0 aliphatic heterocycles. The second-order valence-electron chi connectivity index (χ2n) is 6.08. The van der Waals surface area contributed by atoms with Crippen molar-refractivity contribution in [2.75, 3.05) is 0 Å². The van der Waals surface area contributed by atoms with Crippen molar-refractivity contribution in [3.63, 3.8) is 0 Å². The van der Waals surface area contributed by atoms with Gasteiger partial charge < -0.3 is 3.97 Å². The van der Waals surface area contributed by atoms with Gasteiger partial charge in [-0.25, -0.2) is 4.98 Å². The van der Waals surface area contributed by atoms with Crippen LogP contribution >= 0.6 is 21.8 Å². The van der Waals surface area contributed by atoms with Gasteiger partial charge in [-0.1, -0.05) is 53.1 Å². The first-order valence-electron chi connectivity index (χ1n) is 7.24. The molecule has 0 spiro atoms. The Labute approximate surface area is 129 Å². The summed E-state index contributed by atoms with van der Waals surface area (Å²) in [6.45, 7) is 14.1. The van der Waals surface area contributed by atoms with Crippen LogP contribution in [0.2, 0.25) is 5.15 Å². The van der Waals surface area contributed by atoms with Crippen molar-refractivity contribution in [2.24, 2.45) is 0 Å². The molecule has 0 unspecified atom stereocenters. The minimum atomic E-state index is -0.995. The fourth-order valence-corrected chi connectivity index (χ4v) is 9.12. The van der Waals surface area contributed by atoms with Gasteiger partial charge in [0.15, 0.2) is 0 Å². The first-order valence-corrected chi connectivity index (χ1v) is 9.40. The number of pyridine rings is 1. The Bertz CT molecular complexity index is 580. The van der Waals surface area contributed by atoms with E-state index in [2.05, 4.69) is 62.8 Å². The summed E-state index contributed by atoms with van der Waals surface area (Å²) in [7, 11) is -0.995. The predicted octanol–water partition coefficient (Wildman–Crippen LogP) is 5.48. The highest BCUT2D eigenvalue weighted by Gasteiger charge is 2.37. The molecule has 2 heterocycles. The van der Waals surface area contributed by atoms with Crippen LogP contribution in [0.15, 0.2) is 24.5 Å². The summed E-state index contributed by atoms with van der Waals surface area (Å²) in [6.07, 6.45) is 4.11. The Kier molecular flexibility index (Phi) is 4.41. The third-order valence-corrected chi connectivity index (χ3v) is 9.85. The Morgan fingerprint density at radius 2 is 1.60 bits per heavy atom. The van der Waals surface area contributed by atoms with E-state index in [-0.39, 0.29) is 0 Å². The summed E-state index contributed by atoms with van der Waals surface area (Å²) in [5.41, 5.74) is 1.22. The number of aromatic nitrogens is 2. The topological polar surface area (TPSA) is 17.8 Å². The molecule has 0 aliphatic rings. The van der Waals surface area contributed by atoms with E-state index in [9.17, 15) is 0 Å². The Balaban J connectivity index is 2.78. The van der Waals surface area contributed by atoms with Crippen molar-refractivity contribution >= 4 is 32.7 Å². The van der Waals surface area contributed by atoms with Gasteiger partial charge in [-0.2, -0.15) is 10.2 Å². The minimum Gasteiger partial charge on any atom is -0.309 e. The zero-order valence-corrected chi connectivity index (χ0v) is 14.8. The van der Waals surface area contributed by atoms with Crippen molar-refractivity contribution in [2.45, 2.75) is 57.3 Å². The van der Waals surface area contributed by atoms with E-state index in [1.54, 1.807) is 0 Å². The summed E-state index contributed by atoms with van der Waals surface area (Å²) in [5.74, 6) is 0. The van der Waals surface area contributed by atoms with Crippen molar-refractivity contribution < 1.29 is 0 Å². The molecule has 0 fully saturated rings. The lowest BCUT2D eigenvalue weighted by atomic mass is 10.3. The lowest BCUT2D eigenvalue weighted by Gasteiger charge is -2.52. The fraction of sp³-hybridized carbons (Fsp3) is 0.562. The van der Waals surface area contributed by atoms with Crippen LogP contribution in [-0.4, -0.2) is 24.7 Å². The van der Waals surface area contributed by atoms with E-state index in [4.69, 9.17) is 11.6 Å². The Morgan fingerprint density at radius 1 is 1.05 bits per heavy atom. The van der Waals surface area contributed by atoms with Gasteiger partial charge in [-0.15, -0.1) is 0 Å². The molecule has 2 nitrogen and oxygen atoms in total. The first kappa shape index (κ1) is 15.7. The first-order chi connectivity index (χ1) is 9.31. The monoisotopic (exact) mass is 312 g/mol. The third kappa shape index (κ3) is 2.25. The van der Waals surface area contributed by atoms with Crippen LogP contribution in [0.25, 0.3) is 10.9 Å². The van der Waals surface area contributed by atoms with E-state index < -0.39 is 10.2 Å². The molecule has 0 aliphatic carbocycles. The van der Waals surface area contributed by atoms with E-state index in [1.165, 1.54) is 10.9 Å². The zero-order chi connectivity index (χ0) is 15.1. The molecule has 0 saturated heterocycles. The molecule has 0 radical (unpaired) electrons. The number of hydrogen-bond donors (Lipinski definition) is 0. The van der Waals surface area contributed by atoms with Crippen LogP contribution in [0.1, 0.15) is 41.5 Å². The molecule has 2 aromatic heterocycles. The summed E-state index contributed by atoms with van der Waals surface area (Å²) in [6, 6.07) is 4.17. The van der Waals surface area contributed by atoms with Gasteiger partial charge >= 0.3 is 0 Å². The molecule has 2 aromatic rings. The average Bonchev–Trinajstić information content (AvgIpc) is 2.72. The molecule has 20 heavy (non-hydrogen) atoms. The van der Waals surface area contributed by atoms with Crippen LogP contribution in [0.5, 0.6) is 0 Å². The highest BCUT2D eigenvalue weighted by molar-refractivity contribution is 8.33. The van der Waals surface area contributed by atoms with Gasteiger partial charge in [-0.05, 0) is 6.07 Å². The lowest BCUT2D eigenvalue weighted by Crippen LogP contribution is -2.33. The zero-order valence-electron chi connectivity index (χ0n) is 13.2. The maximum atomic E-state index is 6.12. The highest BCUT2D eigenvalue weighted by atomic mass is 35.5. The van der Waals surface area contributed by atoms with Crippen LogP contribution in [0.3, 0.4) is 0 Å². The van der Waals surface area contributed by atoms with Gasteiger partial charge in [0.25, 0.3) is 0 Å². The second-order valence-corrected chi connectivity index (χ2v) is 11.1. The van der Waals surface area contributed by atoms with E-state index in [1.807, 2.05) is 12.3 Å². The molecule has 4 heteroatoms. The maximum Gasteiger partial charge on any atom is 0.131 e. The minimum absolute atomic E-state index is 0.571. The average molecular weight is 313 g/mol. The molecule has 0 N–H and O–H groups in total. The third-order valence-electron chi connectivity index (χ3n) is 4.11. The number of fused-ring (bicyclic) bond motifs is 1. The number of hydrogen-bond acceptors (Lipinski definition) is 1. The molecular formula is C16H25ClN2S. The molecule has 112 valence electrons. The van der Waals surface area contributed by atoms with E-state index >= 15 is 0 Å². The maximum absolute atomic E-state index is 6.12. The number of nitrogens with zero attached hydrogens (tertiary/aromatic N) is 2. The number of halogens is 1. The second kappa shape index (κ2) is 5.61. The van der Waals surface area contributed by atoms with Crippen molar-refractivity contribution in [3.05, 3.63) is 29.7 Å². The number of rotatable bonds is 4. The van der Waals surface area contributed by atoms with Gasteiger partial charge in [-0.3, -0.25) is 0 Å². The highest BCUT2D eigenvalue weighted by Crippen LogP contribution is 2.62. The van der Waals surface area contributed by atoms with Crippen LogP contribution in [0.4, 0.5) is 0 Å². The van der Waals surface area contributed by atoms with Crippen molar-refractivity contribution in [3.8, 4) is 0 Å². The van der Waals surface area contributed by atoms with Gasteiger partial charge in [0, 0.05) is 39.6 Å². The Morgan fingerprint density at radius 3 is 2.10 bits per heavy atom. The largest absolute Gasteiger partial charge is 0.309 e. The normalized spacial score (nSPS) is 13.9. The molecule has 0 amide bonds. The predicted molar refractivity (Wildman–Crippen MR) is 93.1 cm³/mol. The van der Waals surface area contributed by atoms with Crippen LogP contribution in [-0.2, 0) is 0 Å². The SMILES string of the molecule is CC(C)S(C(C)C)(C(C)C)n1ccc2cnc(Cl)cc21. The molecule has 0 saturated carbocycles. The molecule has 2 rings (SSSR count). The van der Waals surface area contributed by atoms with Crippen LogP contribution < -0.4 is 0 Å². The summed E-state index contributed by atoms with van der Waals surface area (Å²) < 4.78 is 2.51. The van der Waals surface area contributed by atoms with E-state index in [0.29, 0.717) is 20.9 Å². The Hall–Kier alpha value is -0.670. The molecule has 0 bridgehead atoms. The molecular weight excluding hydrogens is 288 g/mol. The summed E-state index contributed by atoms with van der Waals surface area (Å²) in [4.78, 5) is 4.20. The molecule has 0 atom stereocenters. The van der Waals surface area contributed by atoms with Crippen molar-refractivity contribution in [1.29, 1.82) is 0 Å². The summed E-state index contributed by atoms with van der Waals surface area (Å²) in [5, 5.41) is 3.59. The van der Waals surface area contributed by atoms with Gasteiger partial charge in [0.05, 0.1) is 5.52 Å². The van der Waals surface area contributed by atoms with Crippen molar-refractivity contribution in [1.82, 2.24) is 8.96 Å².